The van der Waals surface area contributed by atoms with E-state index in [4.69, 9.17) is 4.42 Å². The van der Waals surface area contributed by atoms with Gasteiger partial charge in [-0.1, -0.05) is 55.3 Å². The molecule has 1 fully saturated rings. The van der Waals surface area contributed by atoms with Crippen LogP contribution in [0.5, 0.6) is 5.75 Å². The zero-order valence-corrected chi connectivity index (χ0v) is 18.3. The summed E-state index contributed by atoms with van der Waals surface area (Å²) in [5, 5.41) is 11.3. The summed E-state index contributed by atoms with van der Waals surface area (Å²) in [6, 6.07) is 18.0. The minimum absolute atomic E-state index is 0.158. The Bertz CT molecular complexity index is 1180. The van der Waals surface area contributed by atoms with Gasteiger partial charge in [0.15, 0.2) is 0 Å². The highest BCUT2D eigenvalue weighted by atomic mass is 16.4. The van der Waals surface area contributed by atoms with Gasteiger partial charge < -0.3 is 9.52 Å². The maximum Gasteiger partial charge on any atom is 0.343 e. The van der Waals surface area contributed by atoms with Gasteiger partial charge in [0.25, 0.3) is 0 Å². The number of rotatable bonds is 5. The summed E-state index contributed by atoms with van der Waals surface area (Å²) in [5.41, 5.74) is 3.81. The molecule has 32 heavy (non-hydrogen) atoms. The molecule has 0 saturated heterocycles. The number of aliphatic imine (C=N–C) groups is 1. The highest BCUT2D eigenvalue weighted by Crippen LogP contribution is 2.49. The molecule has 1 N–H and O–H groups in total. The van der Waals surface area contributed by atoms with E-state index in [1.165, 1.54) is 0 Å². The van der Waals surface area contributed by atoms with Crippen molar-refractivity contribution >= 4 is 11.9 Å². The van der Waals surface area contributed by atoms with Crippen LogP contribution < -0.4 is 5.63 Å². The van der Waals surface area contributed by atoms with Crippen molar-refractivity contribution in [3.05, 3.63) is 93.0 Å². The lowest BCUT2D eigenvalue weighted by atomic mass is 9.85. The molecule has 2 aliphatic carbocycles. The van der Waals surface area contributed by atoms with Crippen LogP contribution in [0.3, 0.4) is 0 Å². The average Bonchev–Trinajstić information content (AvgIpc) is 3.62. The first kappa shape index (κ1) is 20.7. The van der Waals surface area contributed by atoms with E-state index in [9.17, 15) is 9.90 Å². The van der Waals surface area contributed by atoms with Crippen molar-refractivity contribution in [2.75, 3.05) is 0 Å². The molecule has 1 heterocycles. The zero-order chi connectivity index (χ0) is 21.9. The largest absolute Gasteiger partial charge is 0.507 e. The van der Waals surface area contributed by atoms with Crippen LogP contribution in [0.1, 0.15) is 72.5 Å². The second-order valence-corrected chi connectivity index (χ2v) is 9.05. The lowest BCUT2D eigenvalue weighted by Crippen LogP contribution is -2.19. The van der Waals surface area contributed by atoms with Gasteiger partial charge in [-0.15, -0.1) is 0 Å². The molecule has 2 aromatic carbocycles. The molecular formula is C28H29NO3. The van der Waals surface area contributed by atoms with E-state index in [1.807, 2.05) is 60.8 Å². The van der Waals surface area contributed by atoms with E-state index in [0.29, 0.717) is 17.2 Å². The number of benzene rings is 2. The van der Waals surface area contributed by atoms with Crippen LogP contribution in [-0.2, 0) is 12.8 Å². The standard InChI is InChI=1S/C28H29NO3/c30-27-23-13-6-1-2-7-14-24(23)32-28(31)26(27)25(20-15-16-20)21-11-8-12-22(17-21)29-18-19-9-4-3-5-10-19/h3-5,8-12,17-18,20,25,30H,1-2,6-7,13-16H2. The molecule has 0 bridgehead atoms. The van der Waals surface area contributed by atoms with Gasteiger partial charge in [0.2, 0.25) is 0 Å². The number of fused-ring (bicyclic) bond motifs is 1. The van der Waals surface area contributed by atoms with Gasteiger partial charge in [0, 0.05) is 24.1 Å². The summed E-state index contributed by atoms with van der Waals surface area (Å²) in [7, 11) is 0. The van der Waals surface area contributed by atoms with Gasteiger partial charge in [-0.3, -0.25) is 4.99 Å². The van der Waals surface area contributed by atoms with Crippen molar-refractivity contribution in [3.63, 3.8) is 0 Å². The Labute approximate surface area is 188 Å². The Hall–Kier alpha value is -3.14. The van der Waals surface area contributed by atoms with Crippen LogP contribution in [0.2, 0.25) is 0 Å². The maximum atomic E-state index is 13.1. The molecule has 1 unspecified atom stereocenters. The monoisotopic (exact) mass is 427 g/mol. The molecule has 3 aromatic rings. The zero-order valence-electron chi connectivity index (χ0n) is 18.3. The lowest BCUT2D eigenvalue weighted by molar-refractivity contribution is 0.382. The van der Waals surface area contributed by atoms with Crippen LogP contribution in [0.4, 0.5) is 5.69 Å². The predicted molar refractivity (Wildman–Crippen MR) is 127 cm³/mol. The Kier molecular flexibility index (Phi) is 5.93. The first-order chi connectivity index (χ1) is 15.7. The number of aryl methyl sites for hydroxylation is 1. The fourth-order valence-corrected chi connectivity index (χ4v) is 4.89. The van der Waals surface area contributed by atoms with E-state index in [1.54, 1.807) is 0 Å². The quantitative estimate of drug-likeness (QED) is 0.486. The molecular weight excluding hydrogens is 398 g/mol. The molecule has 4 nitrogen and oxygen atoms in total. The van der Waals surface area contributed by atoms with Crippen molar-refractivity contribution in [2.45, 2.75) is 57.3 Å². The summed E-state index contributed by atoms with van der Waals surface area (Å²) >= 11 is 0. The van der Waals surface area contributed by atoms with Crippen LogP contribution in [0.15, 0.2) is 68.8 Å². The van der Waals surface area contributed by atoms with Crippen molar-refractivity contribution in [1.29, 1.82) is 0 Å². The Morgan fingerprint density at radius 2 is 1.75 bits per heavy atom. The van der Waals surface area contributed by atoms with Gasteiger partial charge >= 0.3 is 5.63 Å². The predicted octanol–water partition coefficient (Wildman–Crippen LogP) is 6.30. The van der Waals surface area contributed by atoms with Crippen LogP contribution in [-0.4, -0.2) is 11.3 Å². The van der Waals surface area contributed by atoms with Crippen molar-refractivity contribution < 1.29 is 9.52 Å². The van der Waals surface area contributed by atoms with Gasteiger partial charge in [-0.05, 0) is 61.3 Å². The Morgan fingerprint density at radius 3 is 2.53 bits per heavy atom. The number of hydrogen-bond donors (Lipinski definition) is 1. The van der Waals surface area contributed by atoms with Gasteiger partial charge in [0.05, 0.1) is 11.3 Å². The third-order valence-corrected chi connectivity index (χ3v) is 6.69. The molecule has 1 saturated carbocycles. The van der Waals surface area contributed by atoms with E-state index >= 15 is 0 Å². The van der Waals surface area contributed by atoms with Crippen molar-refractivity contribution in [2.24, 2.45) is 10.9 Å². The second-order valence-electron chi connectivity index (χ2n) is 9.05. The Balaban J connectivity index is 1.53. The number of hydrogen-bond acceptors (Lipinski definition) is 4. The molecule has 2 aliphatic rings. The molecule has 4 heteroatoms. The smallest absolute Gasteiger partial charge is 0.343 e. The maximum absolute atomic E-state index is 13.1. The first-order valence-corrected chi connectivity index (χ1v) is 11.8. The normalized spacial score (nSPS) is 17.5. The summed E-state index contributed by atoms with van der Waals surface area (Å²) in [6.07, 6.45) is 9.78. The lowest BCUT2D eigenvalue weighted by Gasteiger charge is -2.21. The summed E-state index contributed by atoms with van der Waals surface area (Å²) in [4.78, 5) is 17.7. The third kappa shape index (κ3) is 4.40. The van der Waals surface area contributed by atoms with E-state index in [0.717, 1.165) is 73.7 Å². The third-order valence-electron chi connectivity index (χ3n) is 6.69. The second kappa shape index (κ2) is 9.15. The number of nitrogens with zero attached hydrogens (tertiary/aromatic N) is 1. The van der Waals surface area contributed by atoms with E-state index in [2.05, 4.69) is 4.99 Å². The Morgan fingerprint density at radius 1 is 0.969 bits per heavy atom. The van der Waals surface area contributed by atoms with Gasteiger partial charge in [-0.25, -0.2) is 4.79 Å². The minimum Gasteiger partial charge on any atom is -0.507 e. The molecule has 5 rings (SSSR count). The molecule has 1 aromatic heterocycles. The highest BCUT2D eigenvalue weighted by molar-refractivity contribution is 5.81. The molecule has 164 valence electrons. The summed E-state index contributed by atoms with van der Waals surface area (Å²) < 4.78 is 5.82. The molecule has 1 atom stereocenters. The summed E-state index contributed by atoms with van der Waals surface area (Å²) in [5.74, 6) is 1.05. The highest BCUT2D eigenvalue weighted by Gasteiger charge is 2.38. The molecule has 0 amide bonds. The topological polar surface area (TPSA) is 62.8 Å². The fraction of sp³-hybridized carbons (Fsp3) is 0.357. The van der Waals surface area contributed by atoms with Crippen LogP contribution >= 0.6 is 0 Å². The van der Waals surface area contributed by atoms with Crippen molar-refractivity contribution in [3.8, 4) is 5.75 Å². The van der Waals surface area contributed by atoms with Crippen LogP contribution in [0, 0.1) is 5.92 Å². The fourth-order valence-electron chi connectivity index (χ4n) is 4.89. The molecule has 0 radical (unpaired) electrons. The average molecular weight is 428 g/mol. The molecule has 0 spiro atoms. The minimum atomic E-state index is -0.378. The molecule has 0 aliphatic heterocycles. The summed E-state index contributed by atoms with van der Waals surface area (Å²) in [6.45, 7) is 0. The SMILES string of the molecule is O=c1oc2c(c(O)c1C(c1cccc(N=Cc3ccccc3)c1)C1CC1)CCCCCC2. The van der Waals surface area contributed by atoms with E-state index in [-0.39, 0.29) is 17.3 Å². The van der Waals surface area contributed by atoms with Gasteiger partial charge in [-0.2, -0.15) is 0 Å². The van der Waals surface area contributed by atoms with E-state index < -0.39 is 0 Å². The van der Waals surface area contributed by atoms with Crippen molar-refractivity contribution in [1.82, 2.24) is 0 Å². The first-order valence-electron chi connectivity index (χ1n) is 11.8. The van der Waals surface area contributed by atoms with Gasteiger partial charge in [0.1, 0.15) is 11.5 Å². The number of aromatic hydroxyl groups is 1. The van der Waals surface area contributed by atoms with Crippen LogP contribution in [0.25, 0.3) is 0 Å².